The van der Waals surface area contributed by atoms with Crippen molar-refractivity contribution < 1.29 is 9.72 Å². The van der Waals surface area contributed by atoms with Crippen LogP contribution in [0.3, 0.4) is 0 Å². The number of rotatable bonds is 5. The van der Waals surface area contributed by atoms with Crippen molar-refractivity contribution in [2.75, 3.05) is 0 Å². The summed E-state index contributed by atoms with van der Waals surface area (Å²) >= 11 is 0. The summed E-state index contributed by atoms with van der Waals surface area (Å²) in [5.74, 6) is -0.300. The van der Waals surface area contributed by atoms with Crippen LogP contribution in [-0.4, -0.2) is 16.9 Å². The van der Waals surface area contributed by atoms with E-state index in [0.29, 0.717) is 12.0 Å². The Bertz CT molecular complexity index is 420. The van der Waals surface area contributed by atoms with Gasteiger partial charge >= 0.3 is 0 Å². The van der Waals surface area contributed by atoms with Gasteiger partial charge in [0.1, 0.15) is 0 Å². The smallest absolute Gasteiger partial charge is 0.274 e. The molecule has 1 amide bonds. The first-order chi connectivity index (χ1) is 8.06. The van der Waals surface area contributed by atoms with E-state index in [9.17, 15) is 14.9 Å². The highest BCUT2D eigenvalue weighted by molar-refractivity contribution is 5.81. The van der Waals surface area contributed by atoms with Crippen LogP contribution in [0.15, 0.2) is 24.3 Å². The molecule has 0 heterocycles. The van der Waals surface area contributed by atoms with E-state index in [0.717, 1.165) is 0 Å². The van der Waals surface area contributed by atoms with Crippen molar-refractivity contribution in [1.29, 1.82) is 0 Å². The zero-order valence-electron chi connectivity index (χ0n) is 9.55. The molecule has 0 bridgehead atoms. The number of hydrogen-bond donors (Lipinski definition) is 2. The van der Waals surface area contributed by atoms with Crippen LogP contribution in [0.5, 0.6) is 0 Å². The summed E-state index contributed by atoms with van der Waals surface area (Å²) in [6.07, 6.45) is 0.530. The number of nitrogens with two attached hydrogens (primary N) is 1. The van der Waals surface area contributed by atoms with Crippen LogP contribution in [0.1, 0.15) is 18.9 Å². The van der Waals surface area contributed by atoms with Crippen LogP contribution in [0.4, 0.5) is 5.69 Å². The molecule has 92 valence electrons. The summed E-state index contributed by atoms with van der Waals surface area (Å²) in [6.45, 7) is 1.92. The lowest BCUT2D eigenvalue weighted by atomic mass is 10.1. The van der Waals surface area contributed by atoms with Crippen molar-refractivity contribution in [2.45, 2.75) is 25.9 Å². The molecule has 0 saturated heterocycles. The molecule has 0 spiro atoms. The van der Waals surface area contributed by atoms with Crippen molar-refractivity contribution >= 4 is 11.6 Å². The molecule has 1 aromatic carbocycles. The van der Waals surface area contributed by atoms with Crippen LogP contribution in [0.25, 0.3) is 0 Å². The number of carbonyl (C=O) groups excluding carboxylic acids is 1. The molecular weight excluding hydrogens is 222 g/mol. The number of nitro groups is 1. The molecule has 0 fully saturated rings. The Hall–Kier alpha value is -1.95. The molecule has 1 unspecified atom stereocenters. The number of para-hydroxylation sites is 1. The maximum Gasteiger partial charge on any atom is 0.274 e. The number of carbonyl (C=O) groups is 1. The fraction of sp³-hybridized carbons (Fsp3) is 0.364. The Labute approximate surface area is 99.0 Å². The van der Waals surface area contributed by atoms with Crippen LogP contribution >= 0.6 is 0 Å². The first-order valence-electron chi connectivity index (χ1n) is 5.31. The third-order valence-electron chi connectivity index (χ3n) is 2.42. The highest BCUT2D eigenvalue weighted by atomic mass is 16.6. The standard InChI is InChI=1S/C11H15N3O3/c1-2-9(12)11(15)13-7-8-5-3-4-6-10(8)14(16)17/h3-6,9H,2,7,12H2,1H3,(H,13,15). The summed E-state index contributed by atoms with van der Waals surface area (Å²) in [5, 5.41) is 13.3. The van der Waals surface area contributed by atoms with Crippen molar-refractivity contribution in [3.63, 3.8) is 0 Å². The zero-order valence-corrected chi connectivity index (χ0v) is 9.55. The van der Waals surface area contributed by atoms with Crippen molar-refractivity contribution in [1.82, 2.24) is 5.32 Å². The molecule has 0 aliphatic carbocycles. The molecule has 1 rings (SSSR count). The molecule has 1 aromatic rings. The predicted molar refractivity (Wildman–Crippen MR) is 63.2 cm³/mol. The average Bonchev–Trinajstić information content (AvgIpc) is 2.35. The maximum absolute atomic E-state index is 11.4. The van der Waals surface area contributed by atoms with E-state index < -0.39 is 11.0 Å². The highest BCUT2D eigenvalue weighted by Crippen LogP contribution is 2.16. The third kappa shape index (κ3) is 3.53. The van der Waals surface area contributed by atoms with Crippen LogP contribution in [-0.2, 0) is 11.3 Å². The van der Waals surface area contributed by atoms with Crippen molar-refractivity contribution in [3.05, 3.63) is 39.9 Å². The quantitative estimate of drug-likeness (QED) is 0.588. The molecule has 0 aliphatic heterocycles. The lowest BCUT2D eigenvalue weighted by Crippen LogP contribution is -2.39. The molecule has 0 saturated carbocycles. The van der Waals surface area contributed by atoms with E-state index in [4.69, 9.17) is 5.73 Å². The summed E-state index contributed by atoms with van der Waals surface area (Å²) in [5.41, 5.74) is 6.00. The Morgan fingerprint density at radius 2 is 2.18 bits per heavy atom. The van der Waals surface area contributed by atoms with E-state index >= 15 is 0 Å². The van der Waals surface area contributed by atoms with E-state index in [1.807, 2.05) is 0 Å². The van der Waals surface area contributed by atoms with Gasteiger partial charge in [0.2, 0.25) is 5.91 Å². The van der Waals surface area contributed by atoms with Gasteiger partial charge in [0.15, 0.2) is 0 Å². The molecule has 3 N–H and O–H groups in total. The second kappa shape index (κ2) is 5.95. The minimum absolute atomic E-state index is 0.00197. The van der Waals surface area contributed by atoms with Gasteiger partial charge in [-0.15, -0.1) is 0 Å². The number of benzene rings is 1. The third-order valence-corrected chi connectivity index (χ3v) is 2.42. The molecule has 0 radical (unpaired) electrons. The van der Waals surface area contributed by atoms with Crippen molar-refractivity contribution in [3.8, 4) is 0 Å². The van der Waals surface area contributed by atoms with Gasteiger partial charge in [0, 0.05) is 18.2 Å². The monoisotopic (exact) mass is 237 g/mol. The maximum atomic E-state index is 11.4. The lowest BCUT2D eigenvalue weighted by molar-refractivity contribution is -0.385. The van der Waals surface area contributed by atoms with E-state index in [1.54, 1.807) is 25.1 Å². The molecule has 0 aliphatic rings. The number of hydrogen-bond acceptors (Lipinski definition) is 4. The number of amides is 1. The van der Waals surface area contributed by atoms with E-state index in [2.05, 4.69) is 5.32 Å². The zero-order chi connectivity index (χ0) is 12.8. The first kappa shape index (κ1) is 13.1. The van der Waals surface area contributed by atoms with E-state index in [1.165, 1.54) is 6.07 Å². The molecule has 6 heteroatoms. The largest absolute Gasteiger partial charge is 0.350 e. The summed E-state index contributed by atoms with van der Waals surface area (Å²) in [7, 11) is 0. The van der Waals surface area contributed by atoms with Crippen LogP contribution in [0.2, 0.25) is 0 Å². The Kier molecular flexibility index (Phi) is 4.59. The van der Waals surface area contributed by atoms with Crippen molar-refractivity contribution in [2.24, 2.45) is 5.73 Å². The topological polar surface area (TPSA) is 98.3 Å². The molecule has 1 atom stereocenters. The minimum Gasteiger partial charge on any atom is -0.350 e. The Morgan fingerprint density at radius 1 is 1.53 bits per heavy atom. The normalized spacial score (nSPS) is 11.9. The summed E-state index contributed by atoms with van der Waals surface area (Å²) < 4.78 is 0. The minimum atomic E-state index is -0.572. The van der Waals surface area contributed by atoms with Gasteiger partial charge in [-0.25, -0.2) is 0 Å². The molecule has 17 heavy (non-hydrogen) atoms. The van der Waals surface area contributed by atoms with Gasteiger partial charge in [-0.2, -0.15) is 0 Å². The SMILES string of the molecule is CCC(N)C(=O)NCc1ccccc1[N+](=O)[O-]. The second-order valence-electron chi connectivity index (χ2n) is 3.62. The van der Waals surface area contributed by atoms with Gasteiger partial charge in [0.05, 0.1) is 11.0 Å². The number of nitrogens with one attached hydrogen (secondary N) is 1. The van der Waals surface area contributed by atoms with E-state index in [-0.39, 0.29) is 18.1 Å². The Balaban J connectivity index is 2.69. The lowest BCUT2D eigenvalue weighted by Gasteiger charge is -2.10. The van der Waals surface area contributed by atoms with Gasteiger partial charge in [-0.05, 0) is 6.42 Å². The number of nitro benzene ring substituents is 1. The van der Waals surface area contributed by atoms with Gasteiger partial charge in [-0.3, -0.25) is 14.9 Å². The fourth-order valence-electron chi connectivity index (χ4n) is 1.34. The Morgan fingerprint density at radius 3 is 2.76 bits per heavy atom. The fourth-order valence-corrected chi connectivity index (χ4v) is 1.34. The van der Waals surface area contributed by atoms with Crippen LogP contribution in [0, 0.1) is 10.1 Å². The molecule has 0 aromatic heterocycles. The van der Waals surface area contributed by atoms with Gasteiger partial charge < -0.3 is 11.1 Å². The molecular formula is C11H15N3O3. The van der Waals surface area contributed by atoms with Gasteiger partial charge in [-0.1, -0.05) is 25.1 Å². The first-order valence-corrected chi connectivity index (χ1v) is 5.31. The number of nitrogens with zero attached hydrogens (tertiary/aromatic N) is 1. The van der Waals surface area contributed by atoms with Crippen LogP contribution < -0.4 is 11.1 Å². The predicted octanol–water partition coefficient (Wildman–Crippen LogP) is 0.948. The summed E-state index contributed by atoms with van der Waals surface area (Å²) in [4.78, 5) is 21.7. The average molecular weight is 237 g/mol. The highest BCUT2D eigenvalue weighted by Gasteiger charge is 2.15. The molecule has 6 nitrogen and oxygen atoms in total. The second-order valence-corrected chi connectivity index (χ2v) is 3.62. The van der Waals surface area contributed by atoms with Gasteiger partial charge in [0.25, 0.3) is 5.69 Å². The summed E-state index contributed by atoms with van der Waals surface area (Å²) in [6, 6.07) is 5.71.